The molecule has 0 spiro atoms. The number of rotatable bonds is 5. The summed E-state index contributed by atoms with van der Waals surface area (Å²) in [5.41, 5.74) is 2.63. The molecule has 0 amide bonds. The molecule has 0 bridgehead atoms. The van der Waals surface area contributed by atoms with Crippen LogP contribution in [-0.2, 0) is 0 Å². The van der Waals surface area contributed by atoms with Crippen molar-refractivity contribution in [2.24, 2.45) is 0 Å². The molecular weight excluding hydrogens is 633 g/mol. The quantitative estimate of drug-likeness (QED) is 0.248. The van der Waals surface area contributed by atoms with Crippen molar-refractivity contribution >= 4 is 59.3 Å². The van der Waals surface area contributed by atoms with Gasteiger partial charge in [-0.3, -0.25) is 0 Å². The van der Waals surface area contributed by atoms with E-state index in [4.69, 9.17) is 0 Å². The first-order valence-electron chi connectivity index (χ1n) is 9.57. The molecule has 0 aliphatic carbocycles. The Kier molecular flexibility index (Phi) is 6.90. The van der Waals surface area contributed by atoms with Gasteiger partial charge in [0.2, 0.25) is 0 Å². The first kappa shape index (κ1) is 20.8. The third kappa shape index (κ3) is 5.02. The van der Waals surface area contributed by atoms with E-state index >= 15 is 0 Å². The number of benzene rings is 4. The molecule has 0 N–H and O–H groups in total. The normalized spacial score (nSPS) is 11.0. The van der Waals surface area contributed by atoms with Gasteiger partial charge in [0.25, 0.3) is 0 Å². The van der Waals surface area contributed by atoms with Gasteiger partial charge in [-0.15, -0.1) is 0 Å². The maximum atomic E-state index is 3.72. The Balaban J connectivity index is 1.84. The predicted molar refractivity (Wildman–Crippen MR) is 132 cm³/mol. The SMILES string of the molecule is Cc1cc[c]([Bi]([c]2ccc(C)cc2)[c]2ccccc2Sc2ccccc2Br)cc1. The molecule has 4 aromatic carbocycles. The average molecular weight is 655 g/mol. The van der Waals surface area contributed by atoms with Crippen LogP contribution in [0.1, 0.15) is 11.1 Å². The molecule has 0 aliphatic heterocycles. The zero-order chi connectivity index (χ0) is 20.2. The monoisotopic (exact) mass is 654 g/mol. The van der Waals surface area contributed by atoms with Crippen LogP contribution >= 0.6 is 27.7 Å². The third-order valence-corrected chi connectivity index (χ3v) is 17.2. The van der Waals surface area contributed by atoms with Crippen molar-refractivity contribution < 1.29 is 0 Å². The molecule has 0 heterocycles. The zero-order valence-corrected chi connectivity index (χ0v) is 22.4. The summed E-state index contributed by atoms with van der Waals surface area (Å²) in [6, 6.07) is 35.9. The number of hydrogen-bond acceptors (Lipinski definition) is 1. The third-order valence-electron chi connectivity index (χ3n) is 4.75. The fraction of sp³-hybridized carbons (Fsp3) is 0.0769. The Labute approximate surface area is 194 Å². The Morgan fingerprint density at radius 1 is 0.586 bits per heavy atom. The van der Waals surface area contributed by atoms with Crippen LogP contribution in [-0.4, -0.2) is 21.8 Å². The summed E-state index contributed by atoms with van der Waals surface area (Å²) in [6.07, 6.45) is 0. The zero-order valence-electron chi connectivity index (χ0n) is 16.5. The number of hydrogen-bond donors (Lipinski definition) is 0. The summed E-state index contributed by atoms with van der Waals surface area (Å²) in [7, 11) is 0. The molecule has 0 aliphatic rings. The average Bonchev–Trinajstić information content (AvgIpc) is 2.74. The van der Waals surface area contributed by atoms with Gasteiger partial charge in [-0.1, -0.05) is 0 Å². The van der Waals surface area contributed by atoms with Crippen LogP contribution in [0.3, 0.4) is 0 Å². The first-order chi connectivity index (χ1) is 14.1. The van der Waals surface area contributed by atoms with Gasteiger partial charge in [-0.25, -0.2) is 0 Å². The Bertz CT molecular complexity index is 1060. The molecule has 0 saturated heterocycles. The van der Waals surface area contributed by atoms with E-state index in [9.17, 15) is 0 Å². The minimum absolute atomic E-state index is 1.15. The molecule has 3 heteroatoms. The van der Waals surface area contributed by atoms with E-state index in [1.54, 1.807) is 0 Å². The van der Waals surface area contributed by atoms with E-state index in [0.29, 0.717) is 0 Å². The molecule has 0 aromatic heterocycles. The van der Waals surface area contributed by atoms with Crippen molar-refractivity contribution in [3.63, 3.8) is 0 Å². The van der Waals surface area contributed by atoms with Gasteiger partial charge in [0.05, 0.1) is 0 Å². The van der Waals surface area contributed by atoms with Crippen LogP contribution in [0.5, 0.6) is 0 Å². The molecule has 0 nitrogen and oxygen atoms in total. The Morgan fingerprint density at radius 2 is 1.07 bits per heavy atom. The Morgan fingerprint density at radius 3 is 1.62 bits per heavy atom. The van der Waals surface area contributed by atoms with Gasteiger partial charge in [-0.2, -0.15) is 0 Å². The molecule has 4 aromatic rings. The summed E-state index contributed by atoms with van der Waals surface area (Å²) in [4.78, 5) is 2.63. The van der Waals surface area contributed by atoms with E-state index in [2.05, 4.69) is 127 Å². The second-order valence-corrected chi connectivity index (χ2v) is 17.4. The van der Waals surface area contributed by atoms with E-state index in [0.717, 1.165) is 4.47 Å². The summed E-state index contributed by atoms with van der Waals surface area (Å²) in [5.74, 6) is 0. The minimum atomic E-state index is -2.41. The molecule has 0 radical (unpaired) electrons. The molecule has 0 fully saturated rings. The van der Waals surface area contributed by atoms with Gasteiger partial charge < -0.3 is 0 Å². The van der Waals surface area contributed by atoms with E-state index < -0.39 is 21.8 Å². The van der Waals surface area contributed by atoms with E-state index in [1.165, 1.54) is 30.7 Å². The molecule has 0 atom stereocenters. The summed E-state index contributed by atoms with van der Waals surface area (Å²) >= 11 is 3.17. The fourth-order valence-electron chi connectivity index (χ4n) is 3.19. The van der Waals surface area contributed by atoms with Gasteiger partial charge in [0.1, 0.15) is 0 Å². The van der Waals surface area contributed by atoms with Gasteiger partial charge in [0, 0.05) is 0 Å². The molecule has 29 heavy (non-hydrogen) atoms. The summed E-state index contributed by atoms with van der Waals surface area (Å²) < 4.78 is 5.73. The van der Waals surface area contributed by atoms with Crippen molar-refractivity contribution in [3.8, 4) is 0 Å². The maximum absolute atomic E-state index is 3.72. The van der Waals surface area contributed by atoms with Crippen molar-refractivity contribution in [2.45, 2.75) is 23.6 Å². The van der Waals surface area contributed by atoms with Crippen molar-refractivity contribution in [3.05, 3.63) is 113 Å². The summed E-state index contributed by atoms with van der Waals surface area (Å²) in [5, 5.41) is 0. The van der Waals surface area contributed by atoms with E-state index in [1.807, 2.05) is 11.8 Å². The number of aryl methyl sites for hydroxylation is 2. The first-order valence-corrected chi connectivity index (χ1v) is 16.4. The van der Waals surface area contributed by atoms with Crippen LogP contribution in [0.2, 0.25) is 0 Å². The fourth-order valence-corrected chi connectivity index (χ4v) is 14.8. The van der Waals surface area contributed by atoms with E-state index in [-0.39, 0.29) is 0 Å². The van der Waals surface area contributed by atoms with Crippen LogP contribution < -0.4 is 9.81 Å². The predicted octanol–water partition coefficient (Wildman–Crippen LogP) is 5.73. The van der Waals surface area contributed by atoms with Crippen LogP contribution in [0.4, 0.5) is 0 Å². The second kappa shape index (κ2) is 9.60. The number of halogens is 1. The molecule has 0 saturated carbocycles. The second-order valence-electron chi connectivity index (χ2n) is 7.01. The molecular formula is C26H22BiBrS. The molecule has 0 unspecified atom stereocenters. The Hall–Kier alpha value is -1.41. The van der Waals surface area contributed by atoms with Gasteiger partial charge in [-0.05, 0) is 0 Å². The van der Waals surface area contributed by atoms with Gasteiger partial charge in [0.15, 0.2) is 0 Å². The van der Waals surface area contributed by atoms with Gasteiger partial charge >= 0.3 is 196 Å². The van der Waals surface area contributed by atoms with Crippen molar-refractivity contribution in [1.29, 1.82) is 0 Å². The summed E-state index contributed by atoms with van der Waals surface area (Å²) in [6.45, 7) is 4.33. The standard InChI is InChI=1S/C12H8BrS.2C7H7.Bi/c13-11-8-4-5-9-12(11)14-10-6-2-1-3-7-10;2*1-7-5-3-2-4-6-7;/h1-6,8-9H;2*3-6H,1H3;. The van der Waals surface area contributed by atoms with Crippen LogP contribution in [0, 0.1) is 13.8 Å². The molecule has 144 valence electrons. The topological polar surface area (TPSA) is 0 Å². The van der Waals surface area contributed by atoms with Crippen molar-refractivity contribution in [2.75, 3.05) is 0 Å². The molecule has 4 rings (SSSR count). The van der Waals surface area contributed by atoms with Crippen molar-refractivity contribution in [1.82, 2.24) is 0 Å². The van der Waals surface area contributed by atoms with Crippen LogP contribution in [0.25, 0.3) is 0 Å². The van der Waals surface area contributed by atoms with Crippen LogP contribution in [0.15, 0.2) is 111 Å².